The van der Waals surface area contributed by atoms with E-state index in [9.17, 15) is 9.59 Å². The topological polar surface area (TPSA) is 52.7 Å². The van der Waals surface area contributed by atoms with E-state index in [1.807, 2.05) is 56.2 Å². The molecule has 0 atom stereocenters. The van der Waals surface area contributed by atoms with Crippen LogP contribution in [0.2, 0.25) is 0 Å². The third-order valence-electron chi connectivity index (χ3n) is 3.89. The van der Waals surface area contributed by atoms with Gasteiger partial charge in [-0.25, -0.2) is 4.79 Å². The number of benzene rings is 1. The van der Waals surface area contributed by atoms with Gasteiger partial charge in [-0.05, 0) is 57.7 Å². The lowest BCUT2D eigenvalue weighted by molar-refractivity contribution is 0.0762. The fourth-order valence-electron chi connectivity index (χ4n) is 2.64. The van der Waals surface area contributed by atoms with Crippen LogP contribution in [0.5, 0.6) is 0 Å². The fraction of sp³-hybridized carbons (Fsp3) is 0.556. The number of thioether (sulfide) groups is 1. The molecule has 0 aromatic heterocycles. The smallest absolute Gasteiger partial charge is 0.317 e. The van der Waals surface area contributed by atoms with Gasteiger partial charge in [-0.3, -0.25) is 4.79 Å². The van der Waals surface area contributed by atoms with Crippen LogP contribution in [0.15, 0.2) is 29.2 Å². The minimum atomic E-state index is -0.252. The van der Waals surface area contributed by atoms with E-state index in [0.29, 0.717) is 31.7 Å². The SMILES string of the molecule is CSc1ccc(C(=O)N2CCCN(C(=O)NC(C)(C)C)CC2)cc1. The molecular weight excluding hydrogens is 322 g/mol. The number of carbonyl (C=O) groups excluding carboxylic acids is 2. The minimum absolute atomic E-state index is 0.0423. The maximum atomic E-state index is 12.7. The molecule has 5 nitrogen and oxygen atoms in total. The normalized spacial score (nSPS) is 15.8. The summed E-state index contributed by atoms with van der Waals surface area (Å²) >= 11 is 1.66. The predicted molar refractivity (Wildman–Crippen MR) is 98.6 cm³/mol. The Morgan fingerprint density at radius 1 is 1.00 bits per heavy atom. The van der Waals surface area contributed by atoms with Gasteiger partial charge in [-0.1, -0.05) is 0 Å². The van der Waals surface area contributed by atoms with Crippen LogP contribution in [-0.2, 0) is 0 Å². The summed E-state index contributed by atoms with van der Waals surface area (Å²) < 4.78 is 0. The molecule has 0 bridgehead atoms. The monoisotopic (exact) mass is 349 g/mol. The van der Waals surface area contributed by atoms with Crippen LogP contribution in [0.25, 0.3) is 0 Å². The molecule has 0 unspecified atom stereocenters. The van der Waals surface area contributed by atoms with E-state index in [4.69, 9.17) is 0 Å². The highest BCUT2D eigenvalue weighted by molar-refractivity contribution is 7.98. The highest BCUT2D eigenvalue weighted by Gasteiger charge is 2.24. The van der Waals surface area contributed by atoms with Crippen molar-refractivity contribution >= 4 is 23.7 Å². The lowest BCUT2D eigenvalue weighted by atomic mass is 10.1. The molecule has 132 valence electrons. The van der Waals surface area contributed by atoms with Gasteiger partial charge < -0.3 is 15.1 Å². The van der Waals surface area contributed by atoms with Crippen molar-refractivity contribution in [2.45, 2.75) is 37.6 Å². The van der Waals surface area contributed by atoms with Crippen LogP contribution < -0.4 is 5.32 Å². The second kappa shape index (κ2) is 7.92. The molecule has 0 radical (unpaired) electrons. The molecule has 2 rings (SSSR count). The van der Waals surface area contributed by atoms with Crippen LogP contribution in [-0.4, -0.2) is 59.7 Å². The molecule has 1 heterocycles. The Morgan fingerprint density at radius 2 is 1.58 bits per heavy atom. The second-order valence-corrected chi connectivity index (χ2v) is 7.92. The van der Waals surface area contributed by atoms with E-state index < -0.39 is 0 Å². The van der Waals surface area contributed by atoms with Gasteiger partial charge in [-0.2, -0.15) is 0 Å². The average Bonchev–Trinajstić information content (AvgIpc) is 2.79. The lowest BCUT2D eigenvalue weighted by Crippen LogP contribution is -2.49. The summed E-state index contributed by atoms with van der Waals surface area (Å²) in [6, 6.07) is 7.64. The average molecular weight is 350 g/mol. The summed E-state index contributed by atoms with van der Waals surface area (Å²) in [7, 11) is 0. The van der Waals surface area contributed by atoms with Crippen molar-refractivity contribution in [1.29, 1.82) is 0 Å². The highest BCUT2D eigenvalue weighted by atomic mass is 32.2. The molecule has 1 aliphatic heterocycles. The second-order valence-electron chi connectivity index (χ2n) is 7.04. The predicted octanol–water partition coefficient (Wildman–Crippen LogP) is 3.06. The molecule has 1 aromatic carbocycles. The molecule has 0 saturated carbocycles. The Kier molecular flexibility index (Phi) is 6.15. The van der Waals surface area contributed by atoms with Crippen molar-refractivity contribution in [3.8, 4) is 0 Å². The number of carbonyl (C=O) groups is 2. The molecule has 24 heavy (non-hydrogen) atoms. The Labute approximate surface area is 148 Å². The van der Waals surface area contributed by atoms with Crippen molar-refractivity contribution in [2.24, 2.45) is 0 Å². The number of hydrogen-bond donors (Lipinski definition) is 1. The Balaban J connectivity index is 1.96. The third kappa shape index (κ3) is 5.16. The summed E-state index contributed by atoms with van der Waals surface area (Å²) in [5, 5.41) is 2.99. The first kappa shape index (κ1) is 18.6. The van der Waals surface area contributed by atoms with Crippen molar-refractivity contribution < 1.29 is 9.59 Å². The van der Waals surface area contributed by atoms with Crippen LogP contribution in [0.3, 0.4) is 0 Å². The quantitative estimate of drug-likeness (QED) is 0.835. The number of hydrogen-bond acceptors (Lipinski definition) is 3. The van der Waals surface area contributed by atoms with Crippen molar-refractivity contribution in [1.82, 2.24) is 15.1 Å². The summed E-state index contributed by atoms with van der Waals surface area (Å²) in [5.41, 5.74) is 0.457. The Hall–Kier alpha value is -1.69. The molecule has 0 spiro atoms. The van der Waals surface area contributed by atoms with E-state index in [1.165, 1.54) is 0 Å². The van der Waals surface area contributed by atoms with Crippen LogP contribution in [0.4, 0.5) is 4.79 Å². The van der Waals surface area contributed by atoms with E-state index in [0.717, 1.165) is 11.3 Å². The first-order chi connectivity index (χ1) is 11.3. The molecular formula is C18H27N3O2S. The van der Waals surface area contributed by atoms with Gasteiger partial charge in [0.1, 0.15) is 0 Å². The van der Waals surface area contributed by atoms with Crippen molar-refractivity contribution in [3.63, 3.8) is 0 Å². The van der Waals surface area contributed by atoms with Gasteiger partial charge in [-0.15, -0.1) is 11.8 Å². The molecule has 3 amide bonds. The standard InChI is InChI=1S/C18H27N3O2S/c1-18(2,3)19-17(23)21-11-5-10-20(12-13-21)16(22)14-6-8-15(24-4)9-7-14/h6-9H,5,10-13H2,1-4H3,(H,19,23). The van der Waals surface area contributed by atoms with Crippen molar-refractivity contribution in [3.05, 3.63) is 29.8 Å². The number of rotatable bonds is 2. The number of urea groups is 1. The summed E-state index contributed by atoms with van der Waals surface area (Å²) in [6.45, 7) is 8.40. The van der Waals surface area contributed by atoms with Gasteiger partial charge in [0.05, 0.1) is 0 Å². The molecule has 1 fully saturated rings. The lowest BCUT2D eigenvalue weighted by Gasteiger charge is -2.27. The molecule has 1 saturated heterocycles. The molecule has 6 heteroatoms. The zero-order chi connectivity index (χ0) is 17.7. The molecule has 1 aliphatic rings. The van der Waals surface area contributed by atoms with Gasteiger partial charge in [0.15, 0.2) is 0 Å². The van der Waals surface area contributed by atoms with Gasteiger partial charge in [0, 0.05) is 42.2 Å². The van der Waals surface area contributed by atoms with Crippen LogP contribution >= 0.6 is 11.8 Å². The summed E-state index contributed by atoms with van der Waals surface area (Å²) in [4.78, 5) is 29.7. The number of nitrogens with zero attached hydrogens (tertiary/aromatic N) is 2. The maximum Gasteiger partial charge on any atom is 0.317 e. The third-order valence-corrected chi connectivity index (χ3v) is 4.63. The summed E-state index contributed by atoms with van der Waals surface area (Å²) in [6.07, 6.45) is 2.81. The first-order valence-electron chi connectivity index (χ1n) is 8.30. The van der Waals surface area contributed by atoms with E-state index in [2.05, 4.69) is 5.32 Å². The molecule has 1 aromatic rings. The maximum absolute atomic E-state index is 12.7. The van der Waals surface area contributed by atoms with E-state index in [1.54, 1.807) is 16.7 Å². The first-order valence-corrected chi connectivity index (χ1v) is 9.53. The van der Waals surface area contributed by atoms with E-state index in [-0.39, 0.29) is 17.5 Å². The van der Waals surface area contributed by atoms with Crippen LogP contribution in [0.1, 0.15) is 37.6 Å². The van der Waals surface area contributed by atoms with Crippen LogP contribution in [0, 0.1) is 0 Å². The summed E-state index contributed by atoms with van der Waals surface area (Å²) in [5.74, 6) is 0.0423. The fourth-order valence-corrected chi connectivity index (χ4v) is 3.05. The zero-order valence-electron chi connectivity index (χ0n) is 15.0. The van der Waals surface area contributed by atoms with Gasteiger partial charge >= 0.3 is 6.03 Å². The number of nitrogens with one attached hydrogen (secondary N) is 1. The van der Waals surface area contributed by atoms with Crippen molar-refractivity contribution in [2.75, 3.05) is 32.4 Å². The van der Waals surface area contributed by atoms with Gasteiger partial charge in [0.25, 0.3) is 5.91 Å². The molecule has 1 N–H and O–H groups in total. The minimum Gasteiger partial charge on any atom is -0.337 e. The highest BCUT2D eigenvalue weighted by Crippen LogP contribution is 2.16. The Bertz CT molecular complexity index is 581. The molecule has 0 aliphatic carbocycles. The van der Waals surface area contributed by atoms with Gasteiger partial charge in [0.2, 0.25) is 0 Å². The largest absolute Gasteiger partial charge is 0.337 e. The zero-order valence-corrected chi connectivity index (χ0v) is 15.8. The van der Waals surface area contributed by atoms with E-state index >= 15 is 0 Å². The number of amides is 3. The Morgan fingerprint density at radius 3 is 2.17 bits per heavy atom.